The van der Waals surface area contributed by atoms with Crippen LogP contribution in [-0.4, -0.2) is 51.8 Å². The van der Waals surface area contributed by atoms with Gasteiger partial charge in [0.15, 0.2) is 9.84 Å². The number of likely N-dealkylation sites (tertiary alicyclic amines) is 1. The molecule has 144 valence electrons. The van der Waals surface area contributed by atoms with E-state index in [0.717, 1.165) is 6.42 Å². The van der Waals surface area contributed by atoms with Crippen LogP contribution in [0, 0.1) is 0 Å². The monoisotopic (exact) mass is 389 g/mol. The van der Waals surface area contributed by atoms with Crippen LogP contribution in [0.1, 0.15) is 23.2 Å². The summed E-state index contributed by atoms with van der Waals surface area (Å²) in [5.41, 5.74) is 0.325. The first-order valence-electron chi connectivity index (χ1n) is 8.77. The van der Waals surface area contributed by atoms with Gasteiger partial charge < -0.3 is 14.4 Å². The van der Waals surface area contributed by atoms with Crippen molar-refractivity contribution in [2.45, 2.75) is 23.8 Å². The van der Waals surface area contributed by atoms with E-state index in [4.69, 9.17) is 9.47 Å². The lowest BCUT2D eigenvalue weighted by Gasteiger charge is -2.26. The highest BCUT2D eigenvalue weighted by Crippen LogP contribution is 2.32. The second kappa shape index (κ2) is 8.00. The second-order valence-corrected chi connectivity index (χ2v) is 8.46. The summed E-state index contributed by atoms with van der Waals surface area (Å²) < 4.78 is 36.2. The molecule has 7 heteroatoms. The molecule has 2 aromatic rings. The lowest BCUT2D eigenvalue weighted by Crippen LogP contribution is -2.40. The molecule has 0 aromatic heterocycles. The topological polar surface area (TPSA) is 72.9 Å². The van der Waals surface area contributed by atoms with Crippen LogP contribution in [0.4, 0.5) is 0 Å². The summed E-state index contributed by atoms with van der Waals surface area (Å²) in [6.07, 6.45) is 1.41. The number of carbonyl (C=O) groups is 1. The second-order valence-electron chi connectivity index (χ2n) is 6.43. The molecular weight excluding hydrogens is 366 g/mol. The first kappa shape index (κ1) is 19.2. The van der Waals surface area contributed by atoms with E-state index in [2.05, 4.69) is 0 Å². The van der Waals surface area contributed by atoms with Crippen LogP contribution in [0.3, 0.4) is 0 Å². The molecule has 0 spiro atoms. The molecule has 1 aliphatic rings. The van der Waals surface area contributed by atoms with Gasteiger partial charge in [0, 0.05) is 12.6 Å². The number of carbonyl (C=O) groups excluding carboxylic acids is 1. The van der Waals surface area contributed by atoms with Gasteiger partial charge in [0.05, 0.1) is 24.9 Å². The molecule has 0 bridgehead atoms. The Kier molecular flexibility index (Phi) is 5.70. The Hall–Kier alpha value is -2.54. The van der Waals surface area contributed by atoms with E-state index in [1.165, 1.54) is 14.2 Å². The maximum atomic E-state index is 13.2. The molecule has 0 N–H and O–H groups in total. The van der Waals surface area contributed by atoms with Crippen LogP contribution >= 0.6 is 0 Å². The van der Waals surface area contributed by atoms with Crippen LogP contribution in [0.15, 0.2) is 53.4 Å². The first-order valence-corrected chi connectivity index (χ1v) is 10.4. The Bertz CT molecular complexity index is 889. The van der Waals surface area contributed by atoms with Gasteiger partial charge in [-0.1, -0.05) is 24.3 Å². The van der Waals surface area contributed by atoms with E-state index in [9.17, 15) is 13.2 Å². The van der Waals surface area contributed by atoms with E-state index in [0.29, 0.717) is 30.0 Å². The van der Waals surface area contributed by atoms with Crippen molar-refractivity contribution in [1.82, 2.24) is 4.90 Å². The van der Waals surface area contributed by atoms with Gasteiger partial charge in [0.1, 0.15) is 17.1 Å². The molecule has 1 heterocycles. The van der Waals surface area contributed by atoms with Crippen LogP contribution < -0.4 is 9.47 Å². The van der Waals surface area contributed by atoms with E-state index in [1.807, 2.05) is 0 Å². The van der Waals surface area contributed by atoms with Gasteiger partial charge >= 0.3 is 0 Å². The number of methoxy groups -OCH3 is 2. The molecule has 1 unspecified atom stereocenters. The number of nitrogens with zero attached hydrogens (tertiary/aromatic N) is 1. The maximum absolute atomic E-state index is 13.2. The van der Waals surface area contributed by atoms with Crippen LogP contribution in [0.2, 0.25) is 0 Å². The predicted octanol–water partition coefficient (Wildman–Crippen LogP) is 2.78. The minimum absolute atomic E-state index is 0.0970. The molecule has 2 aromatic carbocycles. The number of ether oxygens (including phenoxy) is 2. The van der Waals surface area contributed by atoms with Crippen molar-refractivity contribution in [3.8, 4) is 11.5 Å². The van der Waals surface area contributed by atoms with E-state index >= 15 is 0 Å². The standard InChI is InChI=1S/C20H23NO5S/c1-25-17-11-6-12-18(26-2)19(17)20(22)21-13-7-8-15(21)14-27(23,24)16-9-4-3-5-10-16/h3-6,9-12,15H,7-8,13-14H2,1-2H3. The third-order valence-corrected chi connectivity index (χ3v) is 6.61. The zero-order valence-corrected chi connectivity index (χ0v) is 16.2. The van der Waals surface area contributed by atoms with Crippen molar-refractivity contribution in [2.24, 2.45) is 0 Å². The molecule has 1 amide bonds. The third kappa shape index (κ3) is 3.93. The summed E-state index contributed by atoms with van der Waals surface area (Å²) in [5, 5.41) is 0. The van der Waals surface area contributed by atoms with Gasteiger partial charge in [-0.05, 0) is 37.1 Å². The van der Waals surface area contributed by atoms with E-state index < -0.39 is 9.84 Å². The third-order valence-electron chi connectivity index (χ3n) is 4.79. The molecule has 0 aliphatic carbocycles. The Labute approximate surface area is 159 Å². The quantitative estimate of drug-likeness (QED) is 0.760. The fourth-order valence-electron chi connectivity index (χ4n) is 3.46. The summed E-state index contributed by atoms with van der Waals surface area (Å²) in [5.74, 6) is 0.460. The number of amides is 1. The van der Waals surface area contributed by atoms with E-state index in [-0.39, 0.29) is 22.6 Å². The number of hydrogen-bond acceptors (Lipinski definition) is 5. The van der Waals surface area contributed by atoms with Gasteiger partial charge in [-0.3, -0.25) is 4.79 Å². The molecule has 6 nitrogen and oxygen atoms in total. The molecule has 1 atom stereocenters. The molecule has 0 saturated carbocycles. The highest BCUT2D eigenvalue weighted by atomic mass is 32.2. The minimum atomic E-state index is -3.48. The Balaban J connectivity index is 1.88. The smallest absolute Gasteiger partial charge is 0.261 e. The number of rotatable bonds is 6. The lowest BCUT2D eigenvalue weighted by molar-refractivity contribution is 0.0742. The normalized spacial score (nSPS) is 17.0. The van der Waals surface area contributed by atoms with Gasteiger partial charge in [-0.25, -0.2) is 8.42 Å². The van der Waals surface area contributed by atoms with Gasteiger partial charge in [-0.15, -0.1) is 0 Å². The SMILES string of the molecule is COc1cccc(OC)c1C(=O)N1CCCC1CS(=O)(=O)c1ccccc1. The minimum Gasteiger partial charge on any atom is -0.496 e. The maximum Gasteiger partial charge on any atom is 0.261 e. The van der Waals surface area contributed by atoms with Crippen molar-refractivity contribution < 1.29 is 22.7 Å². The van der Waals surface area contributed by atoms with Crippen molar-refractivity contribution in [3.63, 3.8) is 0 Å². The van der Waals surface area contributed by atoms with E-state index in [1.54, 1.807) is 53.4 Å². The Morgan fingerprint density at radius 2 is 1.67 bits per heavy atom. The van der Waals surface area contributed by atoms with Gasteiger partial charge in [-0.2, -0.15) is 0 Å². The molecule has 3 rings (SSSR count). The molecule has 1 aliphatic heterocycles. The van der Waals surface area contributed by atoms with Crippen molar-refractivity contribution >= 4 is 15.7 Å². The molecule has 0 radical (unpaired) electrons. The fourth-order valence-corrected chi connectivity index (χ4v) is 5.08. The molecule has 1 fully saturated rings. The van der Waals surface area contributed by atoms with Gasteiger partial charge in [0.2, 0.25) is 0 Å². The molecule has 1 saturated heterocycles. The zero-order chi connectivity index (χ0) is 19.4. The molecule has 27 heavy (non-hydrogen) atoms. The average Bonchev–Trinajstić information content (AvgIpc) is 3.14. The van der Waals surface area contributed by atoms with Crippen molar-refractivity contribution in [2.75, 3.05) is 26.5 Å². The number of sulfone groups is 1. The highest BCUT2D eigenvalue weighted by Gasteiger charge is 2.35. The summed E-state index contributed by atoms with van der Waals surface area (Å²) >= 11 is 0. The number of benzene rings is 2. The summed E-state index contributed by atoms with van der Waals surface area (Å²) in [6, 6.07) is 13.1. The van der Waals surface area contributed by atoms with Gasteiger partial charge in [0.25, 0.3) is 5.91 Å². The zero-order valence-electron chi connectivity index (χ0n) is 15.4. The Morgan fingerprint density at radius 3 is 2.26 bits per heavy atom. The summed E-state index contributed by atoms with van der Waals surface area (Å²) in [7, 11) is -0.494. The first-order chi connectivity index (χ1) is 13.0. The van der Waals surface area contributed by atoms with Crippen LogP contribution in [0.5, 0.6) is 11.5 Å². The lowest BCUT2D eigenvalue weighted by atomic mass is 10.1. The molecular formula is C20H23NO5S. The van der Waals surface area contributed by atoms with Crippen LogP contribution in [-0.2, 0) is 9.84 Å². The largest absolute Gasteiger partial charge is 0.496 e. The summed E-state index contributed by atoms with van der Waals surface area (Å²) in [6.45, 7) is 0.509. The number of hydrogen-bond donors (Lipinski definition) is 0. The van der Waals surface area contributed by atoms with Crippen molar-refractivity contribution in [1.29, 1.82) is 0 Å². The summed E-state index contributed by atoms with van der Waals surface area (Å²) in [4.78, 5) is 15.1. The van der Waals surface area contributed by atoms with Crippen LogP contribution in [0.25, 0.3) is 0 Å². The highest BCUT2D eigenvalue weighted by molar-refractivity contribution is 7.91. The Morgan fingerprint density at radius 1 is 1.04 bits per heavy atom. The van der Waals surface area contributed by atoms with Crippen molar-refractivity contribution in [3.05, 3.63) is 54.1 Å². The predicted molar refractivity (Wildman–Crippen MR) is 102 cm³/mol. The fraction of sp³-hybridized carbons (Fsp3) is 0.350. The average molecular weight is 389 g/mol.